The van der Waals surface area contributed by atoms with E-state index >= 15 is 0 Å². The van der Waals surface area contributed by atoms with E-state index in [2.05, 4.69) is 10.6 Å². The predicted molar refractivity (Wildman–Crippen MR) is 112 cm³/mol. The van der Waals surface area contributed by atoms with E-state index in [-0.39, 0.29) is 35.2 Å². The molecule has 7 nitrogen and oxygen atoms in total. The number of hydrogen-bond acceptors (Lipinski definition) is 5. The van der Waals surface area contributed by atoms with Crippen LogP contribution in [0.1, 0.15) is 48.7 Å². The topological polar surface area (TPSA) is 93.5 Å². The summed E-state index contributed by atoms with van der Waals surface area (Å²) in [6.07, 6.45) is 1.91. The van der Waals surface area contributed by atoms with Crippen molar-refractivity contribution in [3.05, 3.63) is 69.8 Å². The lowest BCUT2D eigenvalue weighted by molar-refractivity contribution is -0.384. The second-order valence-corrected chi connectivity index (χ2v) is 7.60. The van der Waals surface area contributed by atoms with Crippen LogP contribution in [0, 0.1) is 16.0 Å². The Morgan fingerprint density at radius 1 is 1.24 bits per heavy atom. The number of benzene rings is 2. The van der Waals surface area contributed by atoms with Crippen molar-refractivity contribution < 1.29 is 14.5 Å². The molecule has 7 heteroatoms. The molecule has 0 spiro atoms. The van der Waals surface area contributed by atoms with Gasteiger partial charge in [0.2, 0.25) is 0 Å². The number of carbonyl (C=O) groups is 1. The van der Waals surface area contributed by atoms with Gasteiger partial charge in [-0.05, 0) is 44.4 Å². The second kappa shape index (κ2) is 9.52. The number of ether oxygens (including phenoxy) is 1. The zero-order valence-corrected chi connectivity index (χ0v) is 16.8. The lowest BCUT2D eigenvalue weighted by Crippen LogP contribution is -2.30. The maximum Gasteiger partial charge on any atom is 0.293 e. The SMILES string of the molecule is CC(C)NC(=O)c1ccc(NCC2CCCOC2c2ccccc2)c([N+](=O)[O-])c1. The molecule has 0 bridgehead atoms. The van der Waals surface area contributed by atoms with Gasteiger partial charge in [0.1, 0.15) is 5.69 Å². The van der Waals surface area contributed by atoms with Crippen LogP contribution in [-0.4, -0.2) is 30.0 Å². The molecule has 2 N–H and O–H groups in total. The van der Waals surface area contributed by atoms with Gasteiger partial charge in [-0.2, -0.15) is 0 Å². The fourth-order valence-corrected chi connectivity index (χ4v) is 3.62. The molecule has 154 valence electrons. The zero-order valence-electron chi connectivity index (χ0n) is 16.8. The average molecular weight is 397 g/mol. The summed E-state index contributed by atoms with van der Waals surface area (Å²) in [5.74, 6) is -0.117. The van der Waals surface area contributed by atoms with Crippen molar-refractivity contribution in [2.24, 2.45) is 5.92 Å². The van der Waals surface area contributed by atoms with E-state index in [1.165, 1.54) is 6.07 Å². The summed E-state index contributed by atoms with van der Waals surface area (Å²) in [6, 6.07) is 14.6. The maximum absolute atomic E-state index is 12.2. The molecular formula is C22H27N3O4. The molecule has 1 amide bonds. The van der Waals surface area contributed by atoms with Crippen molar-refractivity contribution >= 4 is 17.3 Å². The molecule has 2 unspecified atom stereocenters. The number of amides is 1. The number of nitro benzene ring substituents is 1. The van der Waals surface area contributed by atoms with E-state index < -0.39 is 4.92 Å². The lowest BCUT2D eigenvalue weighted by atomic mass is 9.89. The summed E-state index contributed by atoms with van der Waals surface area (Å²) in [5.41, 5.74) is 1.70. The van der Waals surface area contributed by atoms with Gasteiger partial charge in [0.05, 0.1) is 11.0 Å². The van der Waals surface area contributed by atoms with E-state index in [0.717, 1.165) is 25.0 Å². The van der Waals surface area contributed by atoms with Crippen molar-refractivity contribution in [1.29, 1.82) is 0 Å². The third-order valence-electron chi connectivity index (χ3n) is 5.00. The number of nitro groups is 1. The number of nitrogens with one attached hydrogen (secondary N) is 2. The lowest BCUT2D eigenvalue weighted by Gasteiger charge is -2.32. The first kappa shape index (κ1) is 20.8. The number of hydrogen-bond donors (Lipinski definition) is 2. The highest BCUT2D eigenvalue weighted by Crippen LogP contribution is 2.34. The van der Waals surface area contributed by atoms with E-state index in [1.54, 1.807) is 12.1 Å². The fraction of sp³-hybridized carbons (Fsp3) is 0.409. The smallest absolute Gasteiger partial charge is 0.293 e. The molecule has 1 heterocycles. The van der Waals surface area contributed by atoms with Gasteiger partial charge in [0.15, 0.2) is 0 Å². The number of carbonyl (C=O) groups excluding carboxylic acids is 1. The largest absolute Gasteiger partial charge is 0.379 e. The van der Waals surface area contributed by atoms with Crippen LogP contribution in [0.15, 0.2) is 48.5 Å². The molecule has 0 aliphatic carbocycles. The molecule has 1 saturated heterocycles. The number of anilines is 1. The second-order valence-electron chi connectivity index (χ2n) is 7.60. The van der Waals surface area contributed by atoms with Crippen molar-refractivity contribution in [3.8, 4) is 0 Å². The Morgan fingerprint density at radius 2 is 2.00 bits per heavy atom. The summed E-state index contributed by atoms with van der Waals surface area (Å²) < 4.78 is 6.00. The van der Waals surface area contributed by atoms with E-state index in [9.17, 15) is 14.9 Å². The zero-order chi connectivity index (χ0) is 20.8. The highest BCUT2D eigenvalue weighted by Gasteiger charge is 2.28. The summed E-state index contributed by atoms with van der Waals surface area (Å²) in [7, 11) is 0. The van der Waals surface area contributed by atoms with Crippen LogP contribution >= 0.6 is 0 Å². The van der Waals surface area contributed by atoms with Crippen LogP contribution in [0.25, 0.3) is 0 Å². The maximum atomic E-state index is 12.2. The first-order chi connectivity index (χ1) is 14.0. The van der Waals surface area contributed by atoms with Gasteiger partial charge in [-0.3, -0.25) is 14.9 Å². The van der Waals surface area contributed by atoms with Gasteiger partial charge in [-0.15, -0.1) is 0 Å². The van der Waals surface area contributed by atoms with Gasteiger partial charge >= 0.3 is 0 Å². The molecule has 3 rings (SSSR count). The molecule has 29 heavy (non-hydrogen) atoms. The minimum Gasteiger partial charge on any atom is -0.379 e. The van der Waals surface area contributed by atoms with Crippen molar-refractivity contribution in [3.63, 3.8) is 0 Å². The van der Waals surface area contributed by atoms with E-state index in [1.807, 2.05) is 44.2 Å². The van der Waals surface area contributed by atoms with Crippen LogP contribution in [0.3, 0.4) is 0 Å². The van der Waals surface area contributed by atoms with E-state index in [0.29, 0.717) is 12.2 Å². The molecule has 1 fully saturated rings. The third-order valence-corrected chi connectivity index (χ3v) is 5.00. The van der Waals surface area contributed by atoms with Gasteiger partial charge in [0, 0.05) is 36.7 Å². The monoisotopic (exact) mass is 397 g/mol. The van der Waals surface area contributed by atoms with Crippen LogP contribution in [0.5, 0.6) is 0 Å². The average Bonchev–Trinajstić information content (AvgIpc) is 2.72. The predicted octanol–water partition coefficient (Wildman–Crippen LogP) is 4.31. The molecule has 0 radical (unpaired) electrons. The Morgan fingerprint density at radius 3 is 2.69 bits per heavy atom. The number of nitrogens with zero attached hydrogens (tertiary/aromatic N) is 1. The molecule has 0 aromatic heterocycles. The molecule has 0 saturated carbocycles. The highest BCUT2D eigenvalue weighted by molar-refractivity contribution is 5.95. The molecule has 1 aliphatic heterocycles. The Balaban J connectivity index is 1.75. The Hall–Kier alpha value is -2.93. The van der Waals surface area contributed by atoms with Gasteiger partial charge < -0.3 is 15.4 Å². The first-order valence-electron chi connectivity index (χ1n) is 9.95. The summed E-state index contributed by atoms with van der Waals surface area (Å²) in [5, 5.41) is 17.5. The Labute approximate surface area is 170 Å². The fourth-order valence-electron chi connectivity index (χ4n) is 3.62. The molecule has 2 atom stereocenters. The van der Waals surface area contributed by atoms with Crippen molar-refractivity contribution in [1.82, 2.24) is 5.32 Å². The minimum atomic E-state index is -0.458. The molecule has 1 aliphatic rings. The first-order valence-corrected chi connectivity index (χ1v) is 9.95. The summed E-state index contributed by atoms with van der Waals surface area (Å²) in [4.78, 5) is 23.3. The minimum absolute atomic E-state index is 0.0346. The van der Waals surface area contributed by atoms with Crippen molar-refractivity contribution in [2.45, 2.75) is 38.8 Å². The number of rotatable bonds is 7. The van der Waals surface area contributed by atoms with Gasteiger partial charge in [0.25, 0.3) is 11.6 Å². The highest BCUT2D eigenvalue weighted by atomic mass is 16.6. The Kier molecular flexibility index (Phi) is 6.82. The summed E-state index contributed by atoms with van der Waals surface area (Å²) in [6.45, 7) is 4.96. The van der Waals surface area contributed by atoms with Gasteiger partial charge in [-0.25, -0.2) is 0 Å². The van der Waals surface area contributed by atoms with Crippen LogP contribution in [-0.2, 0) is 4.74 Å². The normalized spacial score (nSPS) is 19.0. The van der Waals surface area contributed by atoms with Crippen LogP contribution < -0.4 is 10.6 Å². The van der Waals surface area contributed by atoms with Crippen LogP contribution in [0.2, 0.25) is 0 Å². The molecule has 2 aromatic carbocycles. The quantitative estimate of drug-likeness (QED) is 0.536. The molecular weight excluding hydrogens is 370 g/mol. The van der Waals surface area contributed by atoms with Crippen molar-refractivity contribution in [2.75, 3.05) is 18.5 Å². The summed E-state index contributed by atoms with van der Waals surface area (Å²) >= 11 is 0. The van der Waals surface area contributed by atoms with Gasteiger partial charge in [-0.1, -0.05) is 30.3 Å². The standard InChI is InChI=1S/C22H27N3O4/c1-15(2)24-22(26)17-10-11-19(20(13-17)25(27)28)23-14-18-9-6-12-29-21(18)16-7-4-3-5-8-16/h3-5,7-8,10-11,13,15,18,21,23H,6,9,12,14H2,1-2H3,(H,24,26). The van der Waals surface area contributed by atoms with Crippen LogP contribution in [0.4, 0.5) is 11.4 Å². The Bertz CT molecular complexity index is 854. The van der Waals surface area contributed by atoms with E-state index in [4.69, 9.17) is 4.74 Å². The molecule has 2 aromatic rings. The third kappa shape index (κ3) is 5.32.